The Bertz CT molecular complexity index is 1100. The summed E-state index contributed by atoms with van der Waals surface area (Å²) in [5.41, 5.74) is 3.87. The number of allylic oxidation sites excluding steroid dienone is 3. The molecule has 4 rings (SSSR count). The molecule has 0 amide bonds. The van der Waals surface area contributed by atoms with Crippen LogP contribution in [0.1, 0.15) is 36.3 Å². The van der Waals surface area contributed by atoms with Crippen LogP contribution < -0.4 is 14.8 Å². The summed E-state index contributed by atoms with van der Waals surface area (Å²) >= 11 is 0. The lowest BCUT2D eigenvalue weighted by Gasteiger charge is -2.39. The van der Waals surface area contributed by atoms with Crippen LogP contribution in [0.3, 0.4) is 0 Å². The highest BCUT2D eigenvalue weighted by Crippen LogP contribution is 2.46. The lowest BCUT2D eigenvalue weighted by atomic mass is 9.68. The van der Waals surface area contributed by atoms with Crippen LogP contribution in [0.15, 0.2) is 71.6 Å². The molecule has 0 bridgehead atoms. The van der Waals surface area contributed by atoms with Gasteiger partial charge in [0.05, 0.1) is 32.8 Å². The number of rotatable bonds is 5. The summed E-state index contributed by atoms with van der Waals surface area (Å²) in [7, 11) is 4.59. The van der Waals surface area contributed by atoms with E-state index in [4.69, 9.17) is 14.2 Å². The molecule has 166 valence electrons. The zero-order valence-corrected chi connectivity index (χ0v) is 18.7. The quantitative estimate of drug-likeness (QED) is 0.716. The van der Waals surface area contributed by atoms with E-state index in [1.807, 2.05) is 55.5 Å². The second-order valence-corrected chi connectivity index (χ2v) is 8.06. The number of hydrogen-bond acceptors (Lipinski definition) is 6. The van der Waals surface area contributed by atoms with E-state index in [1.54, 1.807) is 14.2 Å². The monoisotopic (exact) mass is 433 g/mol. The van der Waals surface area contributed by atoms with E-state index in [1.165, 1.54) is 7.11 Å². The molecule has 0 radical (unpaired) electrons. The molecule has 2 aromatic rings. The van der Waals surface area contributed by atoms with Crippen LogP contribution in [0.25, 0.3) is 0 Å². The van der Waals surface area contributed by atoms with E-state index in [0.717, 1.165) is 22.6 Å². The van der Waals surface area contributed by atoms with Gasteiger partial charge in [0.1, 0.15) is 17.3 Å². The van der Waals surface area contributed by atoms with Crippen molar-refractivity contribution in [3.8, 4) is 11.5 Å². The van der Waals surface area contributed by atoms with Crippen molar-refractivity contribution in [3.05, 3.63) is 82.7 Å². The number of carbonyl (C=O) groups is 2. The summed E-state index contributed by atoms with van der Waals surface area (Å²) in [6.07, 6.45) is 2.47. The molecular weight excluding hydrogens is 406 g/mol. The van der Waals surface area contributed by atoms with Crippen LogP contribution in [-0.2, 0) is 14.3 Å². The van der Waals surface area contributed by atoms with Crippen molar-refractivity contribution in [2.45, 2.75) is 25.2 Å². The molecule has 0 spiro atoms. The van der Waals surface area contributed by atoms with Crippen molar-refractivity contribution < 1.29 is 23.8 Å². The Balaban J connectivity index is 1.81. The second-order valence-electron chi connectivity index (χ2n) is 8.06. The maximum atomic E-state index is 13.5. The van der Waals surface area contributed by atoms with Gasteiger partial charge < -0.3 is 19.5 Å². The molecule has 3 unspecified atom stereocenters. The molecule has 1 heterocycles. The maximum absolute atomic E-state index is 13.5. The van der Waals surface area contributed by atoms with Crippen molar-refractivity contribution >= 4 is 11.8 Å². The van der Waals surface area contributed by atoms with Gasteiger partial charge in [-0.15, -0.1) is 0 Å². The average Bonchev–Trinajstić information content (AvgIpc) is 2.82. The third-order valence-electron chi connectivity index (χ3n) is 6.27. The Kier molecular flexibility index (Phi) is 6.04. The fraction of sp³-hybridized carbons (Fsp3) is 0.308. The molecular formula is C26H27NO5. The molecule has 2 aliphatic rings. The largest absolute Gasteiger partial charge is 0.497 e. The minimum Gasteiger partial charge on any atom is -0.497 e. The zero-order chi connectivity index (χ0) is 22.8. The second kappa shape index (κ2) is 8.91. The van der Waals surface area contributed by atoms with Crippen LogP contribution >= 0.6 is 0 Å². The molecule has 0 saturated carbocycles. The van der Waals surface area contributed by atoms with Gasteiger partial charge >= 0.3 is 5.97 Å². The van der Waals surface area contributed by atoms with Gasteiger partial charge in [0.15, 0.2) is 0 Å². The predicted molar refractivity (Wildman–Crippen MR) is 121 cm³/mol. The van der Waals surface area contributed by atoms with Crippen LogP contribution in [0.2, 0.25) is 0 Å². The van der Waals surface area contributed by atoms with E-state index in [2.05, 4.69) is 11.4 Å². The summed E-state index contributed by atoms with van der Waals surface area (Å²) in [4.78, 5) is 26.3. The SMILES string of the molecule is COC(=O)C1=C(C)NC2=CC(c3ccc(OC)cc3)CC(=O)C2C1c1cccc(OC)c1. The number of fused-ring (bicyclic) bond motifs is 1. The Morgan fingerprint density at radius 2 is 1.66 bits per heavy atom. The summed E-state index contributed by atoms with van der Waals surface area (Å²) in [6, 6.07) is 15.3. The van der Waals surface area contributed by atoms with Crippen LogP contribution in [0.4, 0.5) is 0 Å². The Labute approximate surface area is 187 Å². The highest BCUT2D eigenvalue weighted by Gasteiger charge is 2.45. The molecule has 1 aliphatic carbocycles. The van der Waals surface area contributed by atoms with E-state index < -0.39 is 17.8 Å². The molecule has 0 fully saturated rings. The number of Topliss-reactive ketones (excluding diaryl/α,β-unsaturated/α-hetero) is 1. The lowest BCUT2D eigenvalue weighted by molar-refractivity contribution is -0.136. The minimum atomic E-state index is -0.491. The number of methoxy groups -OCH3 is 3. The van der Waals surface area contributed by atoms with Crippen LogP contribution in [0, 0.1) is 5.92 Å². The standard InChI is InChI=1S/C26H27NO5/c1-15-23(26(29)32-4)24(17-6-5-7-20(12-17)31-3)25-21(27-15)13-18(14-22(25)28)16-8-10-19(30-2)11-9-16/h5-13,18,24-25,27H,14H2,1-4H3. The van der Waals surface area contributed by atoms with E-state index >= 15 is 0 Å². The molecule has 6 heteroatoms. The number of benzene rings is 2. The van der Waals surface area contributed by atoms with Crippen molar-refractivity contribution in [1.82, 2.24) is 5.32 Å². The average molecular weight is 434 g/mol. The van der Waals surface area contributed by atoms with E-state index in [9.17, 15) is 9.59 Å². The smallest absolute Gasteiger partial charge is 0.336 e. The van der Waals surface area contributed by atoms with Gasteiger partial charge in [-0.1, -0.05) is 30.3 Å². The first kappa shape index (κ1) is 21.7. The summed E-state index contributed by atoms with van der Waals surface area (Å²) in [5.74, 6) is 0.100. The summed E-state index contributed by atoms with van der Waals surface area (Å²) < 4.78 is 15.7. The van der Waals surface area contributed by atoms with Gasteiger partial charge in [-0.25, -0.2) is 4.79 Å². The first-order chi connectivity index (χ1) is 15.5. The van der Waals surface area contributed by atoms with E-state index in [-0.39, 0.29) is 11.7 Å². The lowest BCUT2D eigenvalue weighted by Crippen LogP contribution is -2.41. The van der Waals surface area contributed by atoms with Gasteiger partial charge in [-0.3, -0.25) is 4.79 Å². The Morgan fingerprint density at radius 3 is 2.31 bits per heavy atom. The summed E-state index contributed by atoms with van der Waals surface area (Å²) in [6.45, 7) is 1.85. The zero-order valence-electron chi connectivity index (χ0n) is 18.7. The molecule has 2 aromatic carbocycles. The highest BCUT2D eigenvalue weighted by atomic mass is 16.5. The topological polar surface area (TPSA) is 73.9 Å². The van der Waals surface area contributed by atoms with Crippen molar-refractivity contribution in [3.63, 3.8) is 0 Å². The van der Waals surface area contributed by atoms with Gasteiger partial charge in [-0.05, 0) is 42.3 Å². The number of esters is 1. The van der Waals surface area contributed by atoms with Gasteiger partial charge in [0, 0.05) is 29.7 Å². The molecule has 3 atom stereocenters. The van der Waals surface area contributed by atoms with Gasteiger partial charge in [0.2, 0.25) is 0 Å². The summed E-state index contributed by atoms with van der Waals surface area (Å²) in [5, 5.41) is 3.33. The number of nitrogens with one attached hydrogen (secondary N) is 1. The normalized spacial score (nSPS) is 22.4. The van der Waals surface area contributed by atoms with Gasteiger partial charge in [-0.2, -0.15) is 0 Å². The van der Waals surface area contributed by atoms with Crippen LogP contribution in [-0.4, -0.2) is 33.1 Å². The van der Waals surface area contributed by atoms with Crippen molar-refractivity contribution in [1.29, 1.82) is 0 Å². The molecule has 32 heavy (non-hydrogen) atoms. The molecule has 0 saturated heterocycles. The fourth-order valence-corrected chi connectivity index (χ4v) is 4.71. The molecule has 0 aromatic heterocycles. The predicted octanol–water partition coefficient (Wildman–Crippen LogP) is 4.09. The first-order valence-electron chi connectivity index (χ1n) is 10.5. The molecule has 1 aliphatic heterocycles. The molecule has 1 N–H and O–H groups in total. The van der Waals surface area contributed by atoms with Crippen molar-refractivity contribution in [2.24, 2.45) is 5.92 Å². The van der Waals surface area contributed by atoms with E-state index in [0.29, 0.717) is 23.4 Å². The third kappa shape index (κ3) is 3.88. The Morgan fingerprint density at radius 1 is 0.938 bits per heavy atom. The third-order valence-corrected chi connectivity index (χ3v) is 6.27. The minimum absolute atomic E-state index is 0.0504. The molecule has 6 nitrogen and oxygen atoms in total. The first-order valence-corrected chi connectivity index (χ1v) is 10.5. The Hall–Kier alpha value is -3.54. The van der Waals surface area contributed by atoms with Crippen molar-refractivity contribution in [2.75, 3.05) is 21.3 Å². The fourth-order valence-electron chi connectivity index (χ4n) is 4.71. The van der Waals surface area contributed by atoms with Crippen LogP contribution in [0.5, 0.6) is 11.5 Å². The number of hydrogen-bond donors (Lipinski definition) is 1. The van der Waals surface area contributed by atoms with Gasteiger partial charge in [0.25, 0.3) is 0 Å². The number of carbonyl (C=O) groups excluding carboxylic acids is 2. The highest BCUT2D eigenvalue weighted by molar-refractivity contribution is 5.96. The number of ketones is 1. The number of ether oxygens (including phenoxy) is 3. The maximum Gasteiger partial charge on any atom is 0.336 e.